The van der Waals surface area contributed by atoms with Crippen molar-refractivity contribution in [2.24, 2.45) is 11.7 Å². The van der Waals surface area contributed by atoms with E-state index in [-0.39, 0.29) is 5.60 Å². The molecule has 0 aliphatic heterocycles. The molecule has 1 heterocycles. The van der Waals surface area contributed by atoms with E-state index in [2.05, 4.69) is 20.8 Å². The molecule has 0 spiro atoms. The first-order valence-electron chi connectivity index (χ1n) is 8.12. The molecule has 1 aromatic heterocycles. The molecule has 1 atom stereocenters. The summed E-state index contributed by atoms with van der Waals surface area (Å²) in [4.78, 5) is 9.62. The van der Waals surface area contributed by atoms with Crippen molar-refractivity contribution in [3.8, 4) is 0 Å². The zero-order chi connectivity index (χ0) is 15.5. The van der Waals surface area contributed by atoms with Crippen molar-refractivity contribution in [1.29, 1.82) is 0 Å². The first-order chi connectivity index (χ1) is 10.0. The van der Waals surface area contributed by atoms with Crippen LogP contribution in [0.1, 0.15) is 61.8 Å². The van der Waals surface area contributed by atoms with Gasteiger partial charge in [-0.3, -0.25) is 0 Å². The van der Waals surface area contributed by atoms with E-state index in [1.54, 1.807) is 7.11 Å². The lowest BCUT2D eigenvalue weighted by Crippen LogP contribution is -2.34. The molecular weight excluding hydrogens is 262 g/mol. The van der Waals surface area contributed by atoms with Crippen LogP contribution in [0.4, 0.5) is 0 Å². The second-order valence-corrected chi connectivity index (χ2v) is 6.50. The molecule has 1 aromatic rings. The van der Waals surface area contributed by atoms with Crippen molar-refractivity contribution < 1.29 is 4.74 Å². The fraction of sp³-hybridized carbons (Fsp3) is 0.765. The Kier molecular flexibility index (Phi) is 5.33. The summed E-state index contributed by atoms with van der Waals surface area (Å²) >= 11 is 0. The number of ether oxygens (including phenoxy) is 1. The molecule has 0 radical (unpaired) electrons. The third-order valence-corrected chi connectivity index (χ3v) is 4.84. The molecule has 118 valence electrons. The summed E-state index contributed by atoms with van der Waals surface area (Å²) in [6, 6.07) is 0. The Labute approximate surface area is 128 Å². The molecule has 0 bridgehead atoms. The van der Waals surface area contributed by atoms with Gasteiger partial charge in [0.05, 0.1) is 0 Å². The minimum Gasteiger partial charge on any atom is -0.370 e. The first-order valence-corrected chi connectivity index (χ1v) is 8.12. The third-order valence-electron chi connectivity index (χ3n) is 4.84. The van der Waals surface area contributed by atoms with E-state index in [0.717, 1.165) is 36.5 Å². The second-order valence-electron chi connectivity index (χ2n) is 6.50. The minimum atomic E-state index is -0.272. The quantitative estimate of drug-likeness (QED) is 0.906. The number of nitrogens with two attached hydrogens (primary N) is 1. The van der Waals surface area contributed by atoms with Crippen molar-refractivity contribution >= 4 is 0 Å². The van der Waals surface area contributed by atoms with E-state index in [1.165, 1.54) is 24.8 Å². The second kappa shape index (κ2) is 6.84. The largest absolute Gasteiger partial charge is 0.370 e. The van der Waals surface area contributed by atoms with Gasteiger partial charge in [-0.2, -0.15) is 0 Å². The molecule has 0 aromatic carbocycles. The minimum absolute atomic E-state index is 0.272. The maximum atomic E-state index is 5.87. The normalized spacial score (nSPS) is 19.5. The van der Waals surface area contributed by atoms with Crippen LogP contribution in [0.3, 0.4) is 0 Å². The lowest BCUT2D eigenvalue weighted by molar-refractivity contribution is -0.0517. The highest BCUT2D eigenvalue weighted by atomic mass is 16.5. The van der Waals surface area contributed by atoms with Gasteiger partial charge in [0.2, 0.25) is 0 Å². The Hall–Kier alpha value is -1.00. The molecule has 1 saturated carbocycles. The fourth-order valence-electron chi connectivity index (χ4n) is 3.31. The molecule has 21 heavy (non-hydrogen) atoms. The van der Waals surface area contributed by atoms with Crippen LogP contribution >= 0.6 is 0 Å². The zero-order valence-electron chi connectivity index (χ0n) is 13.9. The molecule has 1 aliphatic carbocycles. The van der Waals surface area contributed by atoms with Crippen molar-refractivity contribution in [1.82, 2.24) is 9.97 Å². The Balaban J connectivity index is 2.34. The standard InChI is InChI=1S/C17H29N3O/c1-12(11-18)10-15-13(2)19-16(20-14(15)3)17(21-4)8-6-5-7-9-17/h12H,5-11,18H2,1-4H3. The van der Waals surface area contributed by atoms with Gasteiger partial charge in [-0.25, -0.2) is 9.97 Å². The van der Waals surface area contributed by atoms with Gasteiger partial charge in [0.1, 0.15) is 5.60 Å². The monoisotopic (exact) mass is 291 g/mol. The summed E-state index contributed by atoms with van der Waals surface area (Å²) in [5, 5.41) is 0. The molecule has 4 heteroatoms. The number of rotatable bonds is 5. The summed E-state index contributed by atoms with van der Waals surface area (Å²) in [6.07, 6.45) is 6.69. The van der Waals surface area contributed by atoms with Crippen LogP contribution in [-0.2, 0) is 16.8 Å². The number of aromatic nitrogens is 2. The number of methoxy groups -OCH3 is 1. The van der Waals surface area contributed by atoms with E-state index >= 15 is 0 Å². The number of nitrogens with zero attached hydrogens (tertiary/aromatic N) is 2. The van der Waals surface area contributed by atoms with Gasteiger partial charge in [-0.05, 0) is 51.1 Å². The molecule has 4 nitrogen and oxygen atoms in total. The van der Waals surface area contributed by atoms with Crippen LogP contribution in [0.2, 0.25) is 0 Å². The average Bonchev–Trinajstić information content (AvgIpc) is 2.51. The van der Waals surface area contributed by atoms with E-state index < -0.39 is 0 Å². The van der Waals surface area contributed by atoms with Crippen molar-refractivity contribution in [2.45, 2.75) is 64.9 Å². The number of aryl methyl sites for hydroxylation is 2. The molecular formula is C17H29N3O. The summed E-state index contributed by atoms with van der Waals surface area (Å²) < 4.78 is 5.87. The van der Waals surface area contributed by atoms with Gasteiger partial charge in [0.25, 0.3) is 0 Å². The summed E-state index contributed by atoms with van der Waals surface area (Å²) in [6.45, 7) is 7.04. The predicted octanol–water partition coefficient (Wildman–Crippen LogP) is 3.04. The Morgan fingerprint density at radius 2 is 1.71 bits per heavy atom. The van der Waals surface area contributed by atoms with E-state index in [4.69, 9.17) is 20.4 Å². The third kappa shape index (κ3) is 3.43. The van der Waals surface area contributed by atoms with Gasteiger partial charge >= 0.3 is 0 Å². The molecule has 2 N–H and O–H groups in total. The Morgan fingerprint density at radius 3 is 2.19 bits per heavy atom. The Bertz CT molecular complexity index is 458. The van der Waals surface area contributed by atoms with E-state index in [0.29, 0.717) is 12.5 Å². The van der Waals surface area contributed by atoms with Crippen LogP contribution < -0.4 is 5.73 Å². The topological polar surface area (TPSA) is 61.0 Å². The van der Waals surface area contributed by atoms with Gasteiger partial charge < -0.3 is 10.5 Å². The van der Waals surface area contributed by atoms with Crippen LogP contribution in [0.5, 0.6) is 0 Å². The van der Waals surface area contributed by atoms with Crippen molar-refractivity contribution in [3.05, 3.63) is 22.8 Å². The highest BCUT2D eigenvalue weighted by molar-refractivity contribution is 5.26. The van der Waals surface area contributed by atoms with Crippen LogP contribution in [0.25, 0.3) is 0 Å². The number of hydrogen-bond donors (Lipinski definition) is 1. The summed E-state index contributed by atoms with van der Waals surface area (Å²) in [5.41, 5.74) is 8.89. The molecule has 1 aliphatic rings. The van der Waals surface area contributed by atoms with Gasteiger partial charge in [0, 0.05) is 18.5 Å². The summed E-state index contributed by atoms with van der Waals surface area (Å²) in [5.74, 6) is 1.34. The summed E-state index contributed by atoms with van der Waals surface area (Å²) in [7, 11) is 1.80. The maximum Gasteiger partial charge on any atom is 0.160 e. The smallest absolute Gasteiger partial charge is 0.160 e. The molecule has 1 unspecified atom stereocenters. The van der Waals surface area contributed by atoms with Crippen LogP contribution in [0, 0.1) is 19.8 Å². The molecule has 1 fully saturated rings. The maximum absolute atomic E-state index is 5.87. The van der Waals surface area contributed by atoms with E-state index in [1.807, 2.05) is 0 Å². The molecule has 2 rings (SSSR count). The van der Waals surface area contributed by atoms with Crippen LogP contribution in [0.15, 0.2) is 0 Å². The average molecular weight is 291 g/mol. The van der Waals surface area contributed by atoms with E-state index in [9.17, 15) is 0 Å². The van der Waals surface area contributed by atoms with Gasteiger partial charge in [0.15, 0.2) is 5.82 Å². The van der Waals surface area contributed by atoms with Crippen LogP contribution in [-0.4, -0.2) is 23.6 Å². The molecule has 0 saturated heterocycles. The molecule has 0 amide bonds. The van der Waals surface area contributed by atoms with Crippen molar-refractivity contribution in [3.63, 3.8) is 0 Å². The zero-order valence-corrected chi connectivity index (χ0v) is 13.9. The SMILES string of the molecule is COC1(c2nc(C)c(CC(C)CN)c(C)n2)CCCCC1. The highest BCUT2D eigenvalue weighted by Crippen LogP contribution is 2.38. The fourth-order valence-corrected chi connectivity index (χ4v) is 3.31. The first kappa shape index (κ1) is 16.4. The Morgan fingerprint density at radius 1 is 1.14 bits per heavy atom. The highest BCUT2D eigenvalue weighted by Gasteiger charge is 2.37. The lowest BCUT2D eigenvalue weighted by Gasteiger charge is -2.35. The van der Waals surface area contributed by atoms with Gasteiger partial charge in [-0.1, -0.05) is 26.2 Å². The van der Waals surface area contributed by atoms with Gasteiger partial charge in [-0.15, -0.1) is 0 Å². The lowest BCUT2D eigenvalue weighted by atomic mass is 9.83. The van der Waals surface area contributed by atoms with Crippen molar-refractivity contribution in [2.75, 3.05) is 13.7 Å². The number of hydrogen-bond acceptors (Lipinski definition) is 4. The predicted molar refractivity (Wildman–Crippen MR) is 85.2 cm³/mol.